The third kappa shape index (κ3) is 3.85. The van der Waals surface area contributed by atoms with Gasteiger partial charge >= 0.3 is 0 Å². The summed E-state index contributed by atoms with van der Waals surface area (Å²) >= 11 is 0. The van der Waals surface area contributed by atoms with Gasteiger partial charge in [0.25, 0.3) is 0 Å². The highest BCUT2D eigenvalue weighted by atomic mass is 14.2. The molecule has 0 fully saturated rings. The number of benzene rings is 9. The molecule has 0 aromatic heterocycles. The smallest absolute Gasteiger partial charge is 0.00923 e. The number of rotatable bonds is 3. The van der Waals surface area contributed by atoms with Crippen molar-refractivity contribution in [1.29, 1.82) is 0 Å². The molecule has 0 bridgehead atoms. The summed E-state index contributed by atoms with van der Waals surface area (Å²) in [7, 11) is 0. The Hall–Kier alpha value is -5.72. The molecule has 0 heterocycles. The lowest BCUT2D eigenvalue weighted by atomic mass is 9.86. The molecular formula is C44H28. The lowest BCUT2D eigenvalue weighted by Gasteiger charge is -2.17. The van der Waals surface area contributed by atoms with Gasteiger partial charge in [-0.2, -0.15) is 0 Å². The molecule has 0 radical (unpaired) electrons. The molecular weight excluding hydrogens is 528 g/mol. The quantitative estimate of drug-likeness (QED) is 0.190. The highest BCUT2D eigenvalue weighted by Crippen LogP contribution is 2.43. The number of hydrogen-bond donors (Lipinski definition) is 0. The molecule has 0 spiro atoms. The molecule has 9 rings (SSSR count). The van der Waals surface area contributed by atoms with Crippen molar-refractivity contribution in [2.75, 3.05) is 0 Å². The fourth-order valence-electron chi connectivity index (χ4n) is 7.18. The van der Waals surface area contributed by atoms with E-state index in [2.05, 4.69) is 170 Å². The Bertz CT molecular complexity index is 2520. The first-order chi connectivity index (χ1) is 21.8. The van der Waals surface area contributed by atoms with Crippen molar-refractivity contribution in [3.8, 4) is 33.4 Å². The molecule has 0 saturated heterocycles. The molecule has 44 heavy (non-hydrogen) atoms. The van der Waals surface area contributed by atoms with Gasteiger partial charge in [-0.3, -0.25) is 0 Å². The van der Waals surface area contributed by atoms with E-state index >= 15 is 0 Å². The summed E-state index contributed by atoms with van der Waals surface area (Å²) in [6.45, 7) is 0. The van der Waals surface area contributed by atoms with E-state index in [4.69, 9.17) is 0 Å². The summed E-state index contributed by atoms with van der Waals surface area (Å²) in [6, 6.07) is 62.3. The van der Waals surface area contributed by atoms with Gasteiger partial charge in [-0.25, -0.2) is 0 Å². The van der Waals surface area contributed by atoms with E-state index in [1.54, 1.807) is 0 Å². The van der Waals surface area contributed by atoms with Gasteiger partial charge in [0.05, 0.1) is 0 Å². The van der Waals surface area contributed by atoms with Crippen molar-refractivity contribution in [2.24, 2.45) is 0 Å². The Balaban J connectivity index is 1.29. The van der Waals surface area contributed by atoms with Crippen LogP contribution in [-0.2, 0) is 0 Å². The summed E-state index contributed by atoms with van der Waals surface area (Å²) in [6.07, 6.45) is 0. The van der Waals surface area contributed by atoms with Gasteiger partial charge in [0.15, 0.2) is 0 Å². The SMILES string of the molecule is c1ccc2c(-c3ccc(-c4cc5c6ccccc6c(-c6cccc7ccccc67)cc5c5ccccc45)cc3)cccc2c1. The van der Waals surface area contributed by atoms with Gasteiger partial charge in [-0.1, -0.05) is 158 Å². The van der Waals surface area contributed by atoms with Crippen LogP contribution in [0, 0.1) is 0 Å². The van der Waals surface area contributed by atoms with E-state index in [-0.39, 0.29) is 0 Å². The summed E-state index contributed by atoms with van der Waals surface area (Å²) in [5, 5.41) is 12.8. The fourth-order valence-corrected chi connectivity index (χ4v) is 7.18. The predicted molar refractivity (Wildman–Crippen MR) is 190 cm³/mol. The van der Waals surface area contributed by atoms with E-state index in [1.165, 1.54) is 87.2 Å². The molecule has 0 aliphatic rings. The monoisotopic (exact) mass is 556 g/mol. The summed E-state index contributed by atoms with van der Waals surface area (Å²) in [4.78, 5) is 0. The van der Waals surface area contributed by atoms with Crippen LogP contribution < -0.4 is 0 Å². The highest BCUT2D eigenvalue weighted by molar-refractivity contribution is 6.24. The zero-order valence-corrected chi connectivity index (χ0v) is 24.2. The van der Waals surface area contributed by atoms with Crippen LogP contribution in [0.1, 0.15) is 0 Å². The third-order valence-electron chi connectivity index (χ3n) is 9.26. The lowest BCUT2D eigenvalue weighted by Crippen LogP contribution is -1.90. The first-order valence-electron chi connectivity index (χ1n) is 15.3. The lowest BCUT2D eigenvalue weighted by molar-refractivity contribution is 1.63. The number of fused-ring (bicyclic) bond motifs is 7. The molecule has 0 aliphatic carbocycles. The first-order valence-corrected chi connectivity index (χ1v) is 15.3. The van der Waals surface area contributed by atoms with Gasteiger partial charge in [0.1, 0.15) is 0 Å². The first kappa shape index (κ1) is 24.8. The Morgan fingerprint density at radius 1 is 0.205 bits per heavy atom. The van der Waals surface area contributed by atoms with Crippen LogP contribution in [0.2, 0.25) is 0 Å². The fraction of sp³-hybridized carbons (Fsp3) is 0. The van der Waals surface area contributed by atoms with E-state index in [9.17, 15) is 0 Å². The van der Waals surface area contributed by atoms with Crippen LogP contribution in [0.5, 0.6) is 0 Å². The molecule has 0 saturated carbocycles. The Morgan fingerprint density at radius 3 is 1.18 bits per heavy atom. The highest BCUT2D eigenvalue weighted by Gasteiger charge is 2.16. The normalized spacial score (nSPS) is 11.6. The zero-order chi connectivity index (χ0) is 29.0. The average Bonchev–Trinajstić information content (AvgIpc) is 3.10. The Kier molecular flexibility index (Phi) is 5.61. The van der Waals surface area contributed by atoms with Crippen molar-refractivity contribution >= 4 is 53.9 Å². The molecule has 204 valence electrons. The minimum atomic E-state index is 1.23. The van der Waals surface area contributed by atoms with Crippen LogP contribution in [0.3, 0.4) is 0 Å². The van der Waals surface area contributed by atoms with E-state index in [0.717, 1.165) is 0 Å². The van der Waals surface area contributed by atoms with E-state index in [1.807, 2.05) is 0 Å². The maximum absolute atomic E-state index is 2.43. The maximum atomic E-state index is 2.43. The van der Waals surface area contributed by atoms with Crippen molar-refractivity contribution < 1.29 is 0 Å². The van der Waals surface area contributed by atoms with Gasteiger partial charge in [0, 0.05) is 0 Å². The second kappa shape index (κ2) is 9.93. The van der Waals surface area contributed by atoms with Crippen LogP contribution in [0.4, 0.5) is 0 Å². The Labute approximate surface area is 256 Å². The van der Waals surface area contributed by atoms with Crippen molar-refractivity contribution in [2.45, 2.75) is 0 Å². The number of hydrogen-bond acceptors (Lipinski definition) is 0. The van der Waals surface area contributed by atoms with Crippen LogP contribution in [0.25, 0.3) is 87.2 Å². The van der Waals surface area contributed by atoms with Gasteiger partial charge in [0.2, 0.25) is 0 Å². The minimum absolute atomic E-state index is 1.23. The second-order valence-electron chi connectivity index (χ2n) is 11.7. The van der Waals surface area contributed by atoms with Crippen LogP contribution >= 0.6 is 0 Å². The van der Waals surface area contributed by atoms with Crippen molar-refractivity contribution in [1.82, 2.24) is 0 Å². The zero-order valence-electron chi connectivity index (χ0n) is 24.2. The maximum Gasteiger partial charge on any atom is -0.00923 e. The molecule has 0 amide bonds. The van der Waals surface area contributed by atoms with Crippen molar-refractivity contribution in [3.63, 3.8) is 0 Å². The van der Waals surface area contributed by atoms with Crippen LogP contribution in [0.15, 0.2) is 170 Å². The molecule has 0 nitrogen and oxygen atoms in total. The largest absolute Gasteiger partial charge is 0.0616 e. The Morgan fingerprint density at radius 2 is 0.591 bits per heavy atom. The van der Waals surface area contributed by atoms with Gasteiger partial charge in [-0.15, -0.1) is 0 Å². The second-order valence-corrected chi connectivity index (χ2v) is 11.7. The summed E-state index contributed by atoms with van der Waals surface area (Å²) < 4.78 is 0. The molecule has 0 N–H and O–H groups in total. The van der Waals surface area contributed by atoms with Crippen molar-refractivity contribution in [3.05, 3.63) is 170 Å². The molecule has 0 unspecified atom stereocenters. The van der Waals surface area contributed by atoms with Crippen LogP contribution in [-0.4, -0.2) is 0 Å². The molecule has 9 aromatic carbocycles. The average molecular weight is 557 g/mol. The summed E-state index contributed by atoms with van der Waals surface area (Å²) in [5.41, 5.74) is 7.56. The topological polar surface area (TPSA) is 0 Å². The van der Waals surface area contributed by atoms with E-state index < -0.39 is 0 Å². The molecule has 0 atom stereocenters. The predicted octanol–water partition coefficient (Wildman–Crippen LogP) is 12.5. The molecule has 0 aliphatic heterocycles. The third-order valence-corrected chi connectivity index (χ3v) is 9.26. The molecule has 0 heteroatoms. The summed E-state index contributed by atoms with van der Waals surface area (Å²) in [5.74, 6) is 0. The molecule has 9 aromatic rings. The van der Waals surface area contributed by atoms with Gasteiger partial charge < -0.3 is 0 Å². The minimum Gasteiger partial charge on any atom is -0.0616 e. The van der Waals surface area contributed by atoms with Gasteiger partial charge in [-0.05, 0) is 99.4 Å². The van der Waals surface area contributed by atoms with E-state index in [0.29, 0.717) is 0 Å². The standard InChI is InChI=1S/C44H28/c1-3-15-33-29(11-1)13-9-21-34(33)31-23-25-32(26-24-31)41-27-43-40-20-8-7-19-39(40)42(28-44(43)38-18-6-5-17-37(38)41)36-22-10-14-30-12-2-4-16-35(30)36/h1-28H.